The van der Waals surface area contributed by atoms with Gasteiger partial charge in [-0.25, -0.2) is 4.79 Å². The van der Waals surface area contributed by atoms with Gasteiger partial charge in [-0.2, -0.15) is 0 Å². The number of amides is 1. The van der Waals surface area contributed by atoms with Gasteiger partial charge in [0.15, 0.2) is 5.78 Å². The minimum atomic E-state index is -4.85. The van der Waals surface area contributed by atoms with E-state index in [1.54, 1.807) is 20.8 Å². The molecule has 144 valence electrons. The van der Waals surface area contributed by atoms with Gasteiger partial charge in [0.25, 0.3) is 0 Å². The highest BCUT2D eigenvalue weighted by molar-refractivity contribution is 5.93. The van der Waals surface area contributed by atoms with E-state index in [4.69, 9.17) is 4.74 Å². The van der Waals surface area contributed by atoms with Crippen molar-refractivity contribution in [3.05, 3.63) is 29.8 Å². The Morgan fingerprint density at radius 2 is 1.88 bits per heavy atom. The second-order valence-corrected chi connectivity index (χ2v) is 7.24. The van der Waals surface area contributed by atoms with Crippen LogP contribution < -0.4 is 10.1 Å². The molecule has 1 aromatic carbocycles. The molecule has 0 aromatic heterocycles. The molecule has 0 radical (unpaired) electrons. The van der Waals surface area contributed by atoms with Crippen molar-refractivity contribution in [2.24, 2.45) is 0 Å². The minimum Gasteiger partial charge on any atom is -0.444 e. The molecule has 1 aliphatic carbocycles. The summed E-state index contributed by atoms with van der Waals surface area (Å²) < 4.78 is 46.7. The second kappa shape index (κ2) is 7.17. The third kappa shape index (κ3) is 5.12. The summed E-state index contributed by atoms with van der Waals surface area (Å²) in [5.74, 6) is -0.711. The number of ketones is 1. The Labute approximate surface area is 149 Å². The van der Waals surface area contributed by atoms with Crippen LogP contribution in [-0.2, 0) is 15.1 Å². The lowest BCUT2D eigenvalue weighted by atomic mass is 9.75. The van der Waals surface area contributed by atoms with E-state index in [1.165, 1.54) is 12.1 Å². The predicted molar refractivity (Wildman–Crippen MR) is 87.6 cm³/mol. The van der Waals surface area contributed by atoms with Gasteiger partial charge in [0, 0.05) is 6.42 Å². The first kappa shape index (κ1) is 20.1. The van der Waals surface area contributed by atoms with Crippen LogP contribution in [0.3, 0.4) is 0 Å². The molecule has 0 heterocycles. The summed E-state index contributed by atoms with van der Waals surface area (Å²) in [6.45, 7) is 5.04. The molecule has 0 bridgehead atoms. The number of hydrogen-bond donors (Lipinski definition) is 1. The van der Waals surface area contributed by atoms with Gasteiger partial charge < -0.3 is 14.8 Å². The maximum absolute atomic E-state index is 12.7. The molecule has 0 saturated heterocycles. The molecule has 8 heteroatoms. The van der Waals surface area contributed by atoms with Gasteiger partial charge >= 0.3 is 12.5 Å². The van der Waals surface area contributed by atoms with Crippen molar-refractivity contribution in [2.75, 3.05) is 0 Å². The van der Waals surface area contributed by atoms with E-state index in [9.17, 15) is 22.8 Å². The van der Waals surface area contributed by atoms with Crippen molar-refractivity contribution in [1.29, 1.82) is 0 Å². The number of rotatable bonds is 3. The quantitative estimate of drug-likeness (QED) is 0.850. The number of nitrogens with one attached hydrogen (secondary N) is 1. The van der Waals surface area contributed by atoms with Crippen molar-refractivity contribution in [1.82, 2.24) is 5.32 Å². The Morgan fingerprint density at radius 1 is 1.19 bits per heavy atom. The fraction of sp³-hybridized carbons (Fsp3) is 0.556. The number of carbonyl (C=O) groups excluding carboxylic acids is 2. The summed E-state index contributed by atoms with van der Waals surface area (Å²) in [6, 6.07) is 5.14. The van der Waals surface area contributed by atoms with E-state index >= 15 is 0 Å². The lowest BCUT2D eigenvalue weighted by molar-refractivity contribution is -0.274. The highest BCUT2D eigenvalue weighted by Crippen LogP contribution is 2.37. The van der Waals surface area contributed by atoms with Crippen molar-refractivity contribution < 1.29 is 32.2 Å². The Balaban J connectivity index is 2.38. The molecule has 1 amide bonds. The standard InChI is InChI=1S/C18H22F3NO4/c1-16(2,3)26-15(24)22-17(10-5-4-9-14(17)23)12-7-6-8-13(11-12)25-18(19,20)21/h6-8,11H,4-5,9-10H2,1-3H3,(H,22,24)/t17-/m1/s1. The highest BCUT2D eigenvalue weighted by atomic mass is 19.4. The van der Waals surface area contributed by atoms with Crippen LogP contribution in [0.2, 0.25) is 0 Å². The van der Waals surface area contributed by atoms with Gasteiger partial charge in [-0.3, -0.25) is 4.79 Å². The van der Waals surface area contributed by atoms with E-state index < -0.39 is 29.3 Å². The zero-order valence-corrected chi connectivity index (χ0v) is 14.9. The monoisotopic (exact) mass is 373 g/mol. The zero-order chi connectivity index (χ0) is 19.6. The van der Waals surface area contributed by atoms with E-state index in [0.717, 1.165) is 12.1 Å². The molecule has 5 nitrogen and oxygen atoms in total. The van der Waals surface area contributed by atoms with Crippen molar-refractivity contribution in [2.45, 2.75) is 64.0 Å². The normalized spacial score (nSPS) is 21.2. The topological polar surface area (TPSA) is 64.6 Å². The SMILES string of the molecule is CC(C)(C)OC(=O)N[C@@]1(c2cccc(OC(F)(F)F)c2)CCCCC1=O. The van der Waals surface area contributed by atoms with Gasteiger partial charge in [-0.15, -0.1) is 13.2 Å². The number of ether oxygens (including phenoxy) is 2. The Hall–Kier alpha value is -2.25. The zero-order valence-electron chi connectivity index (χ0n) is 14.9. The third-order valence-electron chi connectivity index (χ3n) is 3.96. The number of carbonyl (C=O) groups is 2. The highest BCUT2D eigenvalue weighted by Gasteiger charge is 2.44. The van der Waals surface area contributed by atoms with E-state index in [-0.39, 0.29) is 24.2 Å². The fourth-order valence-electron chi connectivity index (χ4n) is 2.97. The van der Waals surface area contributed by atoms with Crippen molar-refractivity contribution in [3.8, 4) is 5.75 Å². The molecular formula is C18H22F3NO4. The number of hydrogen-bond acceptors (Lipinski definition) is 4. The van der Waals surface area contributed by atoms with E-state index in [1.807, 2.05) is 0 Å². The fourth-order valence-corrected chi connectivity index (χ4v) is 2.97. The molecule has 1 N–H and O–H groups in total. The molecule has 0 aliphatic heterocycles. The number of Topliss-reactive ketones (excluding diaryl/α,β-unsaturated/α-hetero) is 1. The Morgan fingerprint density at radius 3 is 2.46 bits per heavy atom. The molecule has 1 aliphatic rings. The molecule has 1 saturated carbocycles. The van der Waals surface area contributed by atoms with Crippen LogP contribution in [-0.4, -0.2) is 23.8 Å². The third-order valence-corrected chi connectivity index (χ3v) is 3.96. The average molecular weight is 373 g/mol. The predicted octanol–water partition coefficient (Wildman–Crippen LogP) is 4.45. The van der Waals surface area contributed by atoms with Crippen molar-refractivity contribution in [3.63, 3.8) is 0 Å². The lowest BCUT2D eigenvalue weighted by Crippen LogP contribution is -2.54. The summed E-state index contributed by atoms with van der Waals surface area (Å²) in [5.41, 5.74) is -1.95. The molecule has 1 atom stereocenters. The number of alkyl carbamates (subject to hydrolysis) is 1. The summed E-state index contributed by atoms with van der Waals surface area (Å²) >= 11 is 0. The van der Waals surface area contributed by atoms with Crippen LogP contribution in [0.25, 0.3) is 0 Å². The first-order valence-electron chi connectivity index (χ1n) is 8.32. The van der Waals surface area contributed by atoms with Crippen LogP contribution in [0.15, 0.2) is 24.3 Å². The maximum atomic E-state index is 12.7. The van der Waals surface area contributed by atoms with E-state index in [0.29, 0.717) is 12.8 Å². The maximum Gasteiger partial charge on any atom is 0.573 e. The molecular weight excluding hydrogens is 351 g/mol. The van der Waals surface area contributed by atoms with E-state index in [2.05, 4.69) is 10.1 Å². The average Bonchev–Trinajstić information content (AvgIpc) is 2.46. The summed E-state index contributed by atoms with van der Waals surface area (Å²) in [4.78, 5) is 24.9. The summed E-state index contributed by atoms with van der Waals surface area (Å²) in [7, 11) is 0. The summed E-state index contributed by atoms with van der Waals surface area (Å²) in [6.07, 6.45) is -3.84. The Bertz CT molecular complexity index is 682. The van der Waals surface area contributed by atoms with Gasteiger partial charge in [-0.05, 0) is 57.7 Å². The largest absolute Gasteiger partial charge is 0.573 e. The van der Waals surface area contributed by atoms with Crippen LogP contribution in [0.4, 0.5) is 18.0 Å². The number of alkyl halides is 3. The summed E-state index contributed by atoms with van der Waals surface area (Å²) in [5, 5.41) is 2.60. The van der Waals surface area contributed by atoms with Gasteiger partial charge in [0.2, 0.25) is 0 Å². The van der Waals surface area contributed by atoms with Crippen LogP contribution >= 0.6 is 0 Å². The lowest BCUT2D eigenvalue weighted by Gasteiger charge is -2.37. The smallest absolute Gasteiger partial charge is 0.444 e. The second-order valence-electron chi connectivity index (χ2n) is 7.24. The molecule has 1 fully saturated rings. The van der Waals surface area contributed by atoms with Gasteiger partial charge in [-0.1, -0.05) is 12.1 Å². The Kier molecular flexibility index (Phi) is 5.53. The number of benzene rings is 1. The first-order chi connectivity index (χ1) is 11.9. The number of halogens is 3. The van der Waals surface area contributed by atoms with Gasteiger partial charge in [0.05, 0.1) is 0 Å². The molecule has 0 unspecified atom stereocenters. The molecule has 1 aromatic rings. The van der Waals surface area contributed by atoms with Crippen molar-refractivity contribution >= 4 is 11.9 Å². The minimum absolute atomic E-state index is 0.222. The first-order valence-corrected chi connectivity index (χ1v) is 8.32. The van der Waals surface area contributed by atoms with Crippen LogP contribution in [0, 0.1) is 0 Å². The molecule has 26 heavy (non-hydrogen) atoms. The molecule has 2 rings (SSSR count). The van der Waals surface area contributed by atoms with Crippen LogP contribution in [0.1, 0.15) is 52.0 Å². The molecule has 0 spiro atoms. The van der Waals surface area contributed by atoms with Gasteiger partial charge in [0.1, 0.15) is 16.9 Å². The van der Waals surface area contributed by atoms with Crippen LogP contribution in [0.5, 0.6) is 5.75 Å².